The van der Waals surface area contributed by atoms with Crippen LogP contribution in [-0.4, -0.2) is 73.7 Å². The molecule has 0 radical (unpaired) electrons. The Morgan fingerprint density at radius 3 is 3.00 bits per heavy atom. The minimum Gasteiger partial charge on any atom is -0.481 e. The molecule has 192 valence electrons. The monoisotopic (exact) mass is 520 g/mol. The van der Waals surface area contributed by atoms with Crippen molar-refractivity contribution in [2.75, 3.05) is 60.7 Å². The van der Waals surface area contributed by atoms with Crippen LogP contribution >= 0.6 is 11.8 Å². The van der Waals surface area contributed by atoms with Crippen LogP contribution in [0.1, 0.15) is 6.42 Å². The van der Waals surface area contributed by atoms with E-state index in [4.69, 9.17) is 9.47 Å². The van der Waals surface area contributed by atoms with Gasteiger partial charge in [-0.25, -0.2) is 9.78 Å². The summed E-state index contributed by atoms with van der Waals surface area (Å²) in [6.45, 7) is 3.77. The van der Waals surface area contributed by atoms with E-state index in [0.717, 1.165) is 59.0 Å². The van der Waals surface area contributed by atoms with Crippen LogP contribution in [0.4, 0.5) is 21.9 Å². The van der Waals surface area contributed by atoms with E-state index in [1.807, 2.05) is 42.6 Å². The molecule has 0 aliphatic carbocycles. The van der Waals surface area contributed by atoms with E-state index in [0.29, 0.717) is 30.6 Å². The van der Waals surface area contributed by atoms with Crippen LogP contribution in [-0.2, 0) is 9.53 Å². The molecule has 0 saturated carbocycles. The van der Waals surface area contributed by atoms with Gasteiger partial charge in [-0.1, -0.05) is 0 Å². The van der Waals surface area contributed by atoms with E-state index < -0.39 is 0 Å². The van der Waals surface area contributed by atoms with Gasteiger partial charge in [0, 0.05) is 42.5 Å². The fourth-order valence-electron chi connectivity index (χ4n) is 5.11. The number of amides is 2. The maximum Gasteiger partial charge on any atom is 0.414 e. The summed E-state index contributed by atoms with van der Waals surface area (Å²) < 4.78 is 10.9. The lowest BCUT2D eigenvalue weighted by Gasteiger charge is -2.20. The first-order valence-corrected chi connectivity index (χ1v) is 13.4. The molecule has 1 aromatic carbocycles. The molecule has 2 saturated heterocycles. The second-order valence-corrected chi connectivity index (χ2v) is 10.5. The Labute approximate surface area is 218 Å². The number of pyridine rings is 2. The third kappa shape index (κ3) is 4.88. The molecule has 1 unspecified atom stereocenters. The molecule has 0 bridgehead atoms. The van der Waals surface area contributed by atoms with E-state index in [1.165, 1.54) is 11.8 Å². The van der Waals surface area contributed by atoms with E-state index in [2.05, 4.69) is 25.5 Å². The third-order valence-corrected chi connectivity index (χ3v) is 8.03. The maximum absolute atomic E-state index is 12.5. The van der Waals surface area contributed by atoms with Crippen LogP contribution in [0.25, 0.3) is 11.0 Å². The van der Waals surface area contributed by atoms with Crippen molar-refractivity contribution in [3.05, 3.63) is 42.6 Å². The topological polar surface area (TPSA) is 109 Å². The fourth-order valence-corrected chi connectivity index (χ4v) is 5.90. The van der Waals surface area contributed by atoms with Crippen molar-refractivity contribution in [2.45, 2.75) is 17.4 Å². The molecule has 2 amide bonds. The second-order valence-electron chi connectivity index (χ2n) is 9.44. The number of methoxy groups -OCH3 is 1. The molecule has 10 nitrogen and oxygen atoms in total. The summed E-state index contributed by atoms with van der Waals surface area (Å²) in [7, 11) is 1.62. The van der Waals surface area contributed by atoms with Gasteiger partial charge in [-0.05, 0) is 49.2 Å². The molecule has 2 aromatic heterocycles. The summed E-state index contributed by atoms with van der Waals surface area (Å²) >= 11 is 1.50. The first kappa shape index (κ1) is 23.8. The average molecular weight is 521 g/mol. The number of carbonyl (C=O) groups is 2. The maximum atomic E-state index is 12.5. The Morgan fingerprint density at radius 1 is 1.19 bits per heavy atom. The zero-order valence-electron chi connectivity index (χ0n) is 20.5. The first-order valence-electron chi connectivity index (χ1n) is 12.4. The molecular weight excluding hydrogens is 492 g/mol. The molecule has 2 atom stereocenters. The number of hydrogen-bond donors (Lipinski definition) is 2. The first-order chi connectivity index (χ1) is 18.1. The number of hydrogen-bond acceptors (Lipinski definition) is 9. The molecule has 3 aliphatic heterocycles. The minimum absolute atomic E-state index is 0.0284. The Balaban J connectivity index is 1.03. The summed E-state index contributed by atoms with van der Waals surface area (Å²) in [6, 6.07) is 11.5. The van der Waals surface area contributed by atoms with Crippen molar-refractivity contribution in [1.82, 2.24) is 15.3 Å². The number of nitrogens with one attached hydrogen (secondary N) is 2. The number of aromatic nitrogens is 2. The lowest BCUT2D eigenvalue weighted by atomic mass is 10.1. The van der Waals surface area contributed by atoms with E-state index in [9.17, 15) is 9.59 Å². The SMILES string of the molecule is COc1ccc2nccc(N3CCC(CNC[C@@H]4CN(c5ccc6c(c5)NC(=O)CS6)C(=O)O4)C3)c2n1. The highest BCUT2D eigenvalue weighted by Crippen LogP contribution is 2.35. The standard InChI is InChI=1S/C26H28N6O4S/c1-35-24-5-3-19-25(30-24)21(6-8-28-19)31-9-7-16(13-31)11-27-12-18-14-32(26(34)36-18)17-2-4-22-20(10-17)29-23(33)15-37-22/h2-6,8,10,16,18,27H,7,9,11-15H2,1H3,(H,29,33)/t16?,18-/m1/s1. The van der Waals surface area contributed by atoms with Crippen molar-refractivity contribution in [3.63, 3.8) is 0 Å². The highest BCUT2D eigenvalue weighted by molar-refractivity contribution is 8.00. The molecular formula is C26H28N6O4S. The predicted molar refractivity (Wildman–Crippen MR) is 143 cm³/mol. The number of nitrogens with zero attached hydrogens (tertiary/aromatic N) is 4. The van der Waals surface area contributed by atoms with Crippen molar-refractivity contribution < 1.29 is 19.1 Å². The molecule has 3 aromatic rings. The molecule has 3 aliphatic rings. The van der Waals surface area contributed by atoms with Crippen LogP contribution in [0.3, 0.4) is 0 Å². The summed E-state index contributed by atoms with van der Waals surface area (Å²) in [5.74, 6) is 1.44. The van der Waals surface area contributed by atoms with Crippen LogP contribution < -0.4 is 25.2 Å². The lowest BCUT2D eigenvalue weighted by Crippen LogP contribution is -2.34. The van der Waals surface area contributed by atoms with Gasteiger partial charge >= 0.3 is 6.09 Å². The van der Waals surface area contributed by atoms with Crippen LogP contribution in [0.15, 0.2) is 47.5 Å². The van der Waals surface area contributed by atoms with Gasteiger partial charge in [0.25, 0.3) is 0 Å². The predicted octanol–water partition coefficient (Wildman–Crippen LogP) is 3.12. The fraction of sp³-hybridized carbons (Fsp3) is 0.385. The van der Waals surface area contributed by atoms with E-state index >= 15 is 0 Å². The highest BCUT2D eigenvalue weighted by Gasteiger charge is 2.33. The molecule has 2 fully saturated rings. The smallest absolute Gasteiger partial charge is 0.414 e. The quantitative estimate of drug-likeness (QED) is 0.486. The molecule has 2 N–H and O–H groups in total. The Hall–Kier alpha value is -3.57. The van der Waals surface area contributed by atoms with Gasteiger partial charge in [0.2, 0.25) is 11.8 Å². The number of benzene rings is 1. The van der Waals surface area contributed by atoms with Gasteiger partial charge in [-0.2, -0.15) is 0 Å². The Kier molecular flexibility index (Phi) is 6.47. The molecule has 5 heterocycles. The highest BCUT2D eigenvalue weighted by atomic mass is 32.2. The lowest BCUT2D eigenvalue weighted by molar-refractivity contribution is -0.113. The van der Waals surface area contributed by atoms with Gasteiger partial charge in [-0.3, -0.25) is 14.7 Å². The number of thioether (sulfide) groups is 1. The van der Waals surface area contributed by atoms with Crippen LogP contribution in [0, 0.1) is 5.92 Å². The zero-order chi connectivity index (χ0) is 25.4. The van der Waals surface area contributed by atoms with Crippen molar-refractivity contribution in [2.24, 2.45) is 5.92 Å². The van der Waals surface area contributed by atoms with E-state index in [-0.39, 0.29) is 18.1 Å². The van der Waals surface area contributed by atoms with Gasteiger partial charge in [-0.15, -0.1) is 11.8 Å². The van der Waals surface area contributed by atoms with Gasteiger partial charge in [0.15, 0.2) is 0 Å². The summed E-state index contributed by atoms with van der Waals surface area (Å²) in [4.78, 5) is 38.3. The van der Waals surface area contributed by atoms with Crippen LogP contribution in [0.2, 0.25) is 0 Å². The molecule has 37 heavy (non-hydrogen) atoms. The van der Waals surface area contributed by atoms with E-state index in [1.54, 1.807) is 12.0 Å². The van der Waals surface area contributed by atoms with Gasteiger partial charge in [0.05, 0.1) is 36.3 Å². The summed E-state index contributed by atoms with van der Waals surface area (Å²) in [5.41, 5.74) is 4.26. The summed E-state index contributed by atoms with van der Waals surface area (Å²) in [5, 5.41) is 6.38. The second kappa shape index (κ2) is 10.1. The number of carbonyl (C=O) groups excluding carboxylic acids is 2. The van der Waals surface area contributed by atoms with Crippen molar-refractivity contribution >= 4 is 51.9 Å². The van der Waals surface area contributed by atoms with Gasteiger partial charge < -0.3 is 25.0 Å². The number of cyclic esters (lactones) is 1. The largest absolute Gasteiger partial charge is 0.481 e. The number of ether oxygens (including phenoxy) is 2. The minimum atomic E-state index is -0.360. The normalized spacial score (nSPS) is 21.2. The number of rotatable bonds is 7. The Morgan fingerprint density at radius 2 is 2.11 bits per heavy atom. The van der Waals surface area contributed by atoms with Gasteiger partial charge in [0.1, 0.15) is 11.6 Å². The number of anilines is 3. The summed E-state index contributed by atoms with van der Waals surface area (Å²) in [6.07, 6.45) is 2.30. The molecule has 0 spiro atoms. The molecule has 6 rings (SSSR count). The molecule has 11 heteroatoms. The number of fused-ring (bicyclic) bond motifs is 2. The van der Waals surface area contributed by atoms with Crippen molar-refractivity contribution in [1.29, 1.82) is 0 Å². The average Bonchev–Trinajstić information content (AvgIpc) is 3.54. The van der Waals surface area contributed by atoms with Crippen LogP contribution in [0.5, 0.6) is 5.88 Å². The third-order valence-electron chi connectivity index (χ3n) is 6.96. The Bertz CT molecular complexity index is 1350. The van der Waals surface area contributed by atoms with Crippen molar-refractivity contribution in [3.8, 4) is 5.88 Å². The zero-order valence-corrected chi connectivity index (χ0v) is 21.3.